The molecule has 0 bridgehead atoms. The van der Waals surface area contributed by atoms with Crippen molar-refractivity contribution in [2.24, 2.45) is 5.92 Å². The van der Waals surface area contributed by atoms with E-state index in [1.807, 2.05) is 25.8 Å². The lowest BCUT2D eigenvalue weighted by Crippen LogP contribution is -2.30. The van der Waals surface area contributed by atoms with Crippen LogP contribution in [0, 0.1) is 19.8 Å². The maximum atomic E-state index is 12.7. The summed E-state index contributed by atoms with van der Waals surface area (Å²) >= 11 is 1.52. The number of carbonyl (C=O) groups excluding carboxylic acids is 1. The molecule has 1 aliphatic carbocycles. The van der Waals surface area contributed by atoms with Gasteiger partial charge in [0.05, 0.1) is 10.6 Å². The number of hydrogen-bond donors (Lipinski definition) is 0. The Morgan fingerprint density at radius 3 is 2.59 bits per heavy atom. The minimum Gasteiger partial charge on any atom is -0.341 e. The highest BCUT2D eigenvalue weighted by Crippen LogP contribution is 2.40. The third kappa shape index (κ3) is 2.74. The van der Waals surface area contributed by atoms with Gasteiger partial charge in [-0.15, -0.1) is 11.3 Å². The van der Waals surface area contributed by atoms with E-state index in [9.17, 15) is 4.79 Å². The number of fused-ring (bicyclic) bond motifs is 1. The standard InChI is InChI=1S/C17H23N3OS/c1-9(2)8-20(5)17(21)14-10(3)13-11(4)18-15(12-6-7-12)19-16(13)22-14/h9,12H,6-8H2,1-5H3. The van der Waals surface area contributed by atoms with Gasteiger partial charge in [-0.25, -0.2) is 9.97 Å². The molecule has 2 aromatic rings. The molecule has 0 N–H and O–H groups in total. The molecule has 1 amide bonds. The smallest absolute Gasteiger partial charge is 0.264 e. The molecule has 118 valence electrons. The maximum absolute atomic E-state index is 12.7. The summed E-state index contributed by atoms with van der Waals surface area (Å²) in [5, 5.41) is 1.07. The summed E-state index contributed by atoms with van der Waals surface area (Å²) in [6.45, 7) is 9.06. The van der Waals surface area contributed by atoms with Crippen LogP contribution in [-0.2, 0) is 0 Å². The monoisotopic (exact) mass is 317 g/mol. The molecular formula is C17H23N3OS. The van der Waals surface area contributed by atoms with Crippen LogP contribution in [0.15, 0.2) is 0 Å². The first-order valence-electron chi connectivity index (χ1n) is 7.91. The van der Waals surface area contributed by atoms with Crippen LogP contribution in [-0.4, -0.2) is 34.4 Å². The van der Waals surface area contributed by atoms with E-state index in [4.69, 9.17) is 4.98 Å². The fourth-order valence-corrected chi connectivity index (χ4v) is 4.13. The molecule has 1 fully saturated rings. The molecule has 0 spiro atoms. The number of nitrogens with zero attached hydrogens (tertiary/aromatic N) is 3. The summed E-state index contributed by atoms with van der Waals surface area (Å²) < 4.78 is 0. The van der Waals surface area contributed by atoms with Gasteiger partial charge < -0.3 is 4.90 Å². The average molecular weight is 317 g/mol. The normalized spacial score (nSPS) is 14.8. The van der Waals surface area contributed by atoms with Gasteiger partial charge in [0, 0.05) is 24.9 Å². The topological polar surface area (TPSA) is 46.1 Å². The highest BCUT2D eigenvalue weighted by Gasteiger charge is 2.29. The van der Waals surface area contributed by atoms with Gasteiger partial charge in [-0.3, -0.25) is 4.79 Å². The molecule has 1 aliphatic rings. The van der Waals surface area contributed by atoms with Crippen LogP contribution in [0.3, 0.4) is 0 Å². The van der Waals surface area contributed by atoms with Crippen LogP contribution in [0.4, 0.5) is 0 Å². The molecule has 5 heteroatoms. The highest BCUT2D eigenvalue weighted by atomic mass is 32.1. The Balaban J connectivity index is 2.02. The van der Waals surface area contributed by atoms with Gasteiger partial charge in [0.1, 0.15) is 10.7 Å². The van der Waals surface area contributed by atoms with Crippen molar-refractivity contribution in [1.29, 1.82) is 0 Å². The molecular weight excluding hydrogens is 294 g/mol. The zero-order valence-corrected chi connectivity index (χ0v) is 14.8. The Hall–Kier alpha value is -1.49. The Labute approximate surface area is 135 Å². The number of aromatic nitrogens is 2. The Morgan fingerprint density at radius 2 is 2.00 bits per heavy atom. The summed E-state index contributed by atoms with van der Waals surface area (Å²) in [5.74, 6) is 2.06. The molecule has 0 aromatic carbocycles. The number of thiophene rings is 1. The molecule has 0 unspecified atom stereocenters. The van der Waals surface area contributed by atoms with Gasteiger partial charge in [-0.2, -0.15) is 0 Å². The van der Waals surface area contributed by atoms with Crippen molar-refractivity contribution in [3.63, 3.8) is 0 Å². The molecule has 0 saturated heterocycles. The van der Waals surface area contributed by atoms with Crippen LogP contribution in [0.1, 0.15) is 59.4 Å². The molecule has 0 aliphatic heterocycles. The zero-order valence-electron chi connectivity index (χ0n) is 13.9. The minimum atomic E-state index is 0.0987. The predicted molar refractivity (Wildman–Crippen MR) is 90.7 cm³/mol. The highest BCUT2D eigenvalue weighted by molar-refractivity contribution is 7.20. The first-order valence-corrected chi connectivity index (χ1v) is 8.73. The average Bonchev–Trinajstić information content (AvgIpc) is 3.22. The van der Waals surface area contributed by atoms with Gasteiger partial charge in [0.25, 0.3) is 5.91 Å². The third-order valence-corrected chi connectivity index (χ3v) is 5.28. The first kappa shape index (κ1) is 15.4. The van der Waals surface area contributed by atoms with Gasteiger partial charge in [0.15, 0.2) is 0 Å². The van der Waals surface area contributed by atoms with Gasteiger partial charge in [-0.05, 0) is 38.2 Å². The van der Waals surface area contributed by atoms with Crippen LogP contribution < -0.4 is 0 Å². The van der Waals surface area contributed by atoms with Crippen LogP contribution in [0.5, 0.6) is 0 Å². The van der Waals surface area contributed by atoms with Gasteiger partial charge in [0.2, 0.25) is 0 Å². The second-order valence-corrected chi connectivity index (χ2v) is 7.76. The number of aryl methyl sites for hydroxylation is 2. The largest absolute Gasteiger partial charge is 0.341 e. The molecule has 22 heavy (non-hydrogen) atoms. The lowest BCUT2D eigenvalue weighted by molar-refractivity contribution is 0.0783. The third-order valence-electron chi connectivity index (χ3n) is 4.11. The Kier molecular flexibility index (Phi) is 3.93. The van der Waals surface area contributed by atoms with Gasteiger partial charge in [-0.1, -0.05) is 13.8 Å². The van der Waals surface area contributed by atoms with Crippen LogP contribution in [0.2, 0.25) is 0 Å². The van der Waals surface area contributed by atoms with E-state index in [1.165, 1.54) is 24.2 Å². The van der Waals surface area contributed by atoms with Crippen molar-refractivity contribution in [1.82, 2.24) is 14.9 Å². The van der Waals surface area contributed by atoms with Crippen molar-refractivity contribution >= 4 is 27.5 Å². The van der Waals surface area contributed by atoms with E-state index in [1.54, 1.807) is 0 Å². The summed E-state index contributed by atoms with van der Waals surface area (Å²) in [7, 11) is 1.88. The first-order chi connectivity index (χ1) is 10.4. The van der Waals surface area contributed by atoms with E-state index < -0.39 is 0 Å². The van der Waals surface area contributed by atoms with Crippen molar-refractivity contribution in [2.75, 3.05) is 13.6 Å². The van der Waals surface area contributed by atoms with E-state index in [-0.39, 0.29) is 5.91 Å². The minimum absolute atomic E-state index is 0.0987. The lowest BCUT2D eigenvalue weighted by Gasteiger charge is -2.18. The molecule has 3 rings (SSSR count). The SMILES string of the molecule is Cc1nc(C2CC2)nc2sc(C(=O)N(C)CC(C)C)c(C)c12. The Bertz CT molecular complexity index is 731. The van der Waals surface area contributed by atoms with E-state index in [0.29, 0.717) is 11.8 Å². The van der Waals surface area contributed by atoms with Crippen molar-refractivity contribution in [3.05, 3.63) is 22.0 Å². The summed E-state index contributed by atoms with van der Waals surface area (Å²) in [4.78, 5) is 25.7. The Morgan fingerprint density at radius 1 is 1.32 bits per heavy atom. The second-order valence-electron chi connectivity index (χ2n) is 6.76. The molecule has 4 nitrogen and oxygen atoms in total. The van der Waals surface area contributed by atoms with Gasteiger partial charge >= 0.3 is 0 Å². The number of amides is 1. The number of hydrogen-bond acceptors (Lipinski definition) is 4. The quantitative estimate of drug-likeness (QED) is 0.859. The predicted octanol–water partition coefficient (Wildman–Crippen LogP) is 3.91. The molecule has 2 heterocycles. The summed E-state index contributed by atoms with van der Waals surface area (Å²) in [5.41, 5.74) is 2.03. The molecule has 2 aromatic heterocycles. The number of rotatable bonds is 4. The second kappa shape index (κ2) is 5.61. The van der Waals surface area contributed by atoms with E-state index >= 15 is 0 Å². The fraction of sp³-hybridized carbons (Fsp3) is 0.588. The van der Waals surface area contributed by atoms with Crippen molar-refractivity contribution < 1.29 is 4.79 Å². The van der Waals surface area contributed by atoms with E-state index in [2.05, 4.69) is 18.8 Å². The molecule has 1 saturated carbocycles. The molecule has 0 radical (unpaired) electrons. The van der Waals surface area contributed by atoms with Crippen LogP contribution in [0.25, 0.3) is 10.2 Å². The lowest BCUT2D eigenvalue weighted by atomic mass is 10.1. The fourth-order valence-electron chi connectivity index (χ4n) is 2.89. The van der Waals surface area contributed by atoms with Crippen molar-refractivity contribution in [3.8, 4) is 0 Å². The maximum Gasteiger partial charge on any atom is 0.264 e. The summed E-state index contributed by atoms with van der Waals surface area (Å²) in [6, 6.07) is 0. The van der Waals surface area contributed by atoms with Crippen LogP contribution >= 0.6 is 11.3 Å². The molecule has 0 atom stereocenters. The van der Waals surface area contributed by atoms with E-state index in [0.717, 1.165) is 38.7 Å². The zero-order chi connectivity index (χ0) is 16.0. The van der Waals surface area contributed by atoms with Crippen molar-refractivity contribution in [2.45, 2.75) is 46.5 Å². The number of carbonyl (C=O) groups is 1. The summed E-state index contributed by atoms with van der Waals surface area (Å²) in [6.07, 6.45) is 2.39.